The summed E-state index contributed by atoms with van der Waals surface area (Å²) in [6.07, 6.45) is 1.46. The number of nitrogens with two attached hydrogens (primary N) is 1. The molecule has 35 heavy (non-hydrogen) atoms. The average Bonchev–Trinajstić information content (AvgIpc) is 2.84. The van der Waals surface area contributed by atoms with E-state index in [1.807, 2.05) is 25.1 Å². The van der Waals surface area contributed by atoms with Gasteiger partial charge in [-0.05, 0) is 79.9 Å². The third-order valence-electron chi connectivity index (χ3n) is 6.06. The van der Waals surface area contributed by atoms with Gasteiger partial charge in [-0.3, -0.25) is 14.3 Å². The predicted molar refractivity (Wildman–Crippen MR) is 137 cm³/mol. The van der Waals surface area contributed by atoms with Crippen LogP contribution in [0.2, 0.25) is 0 Å². The summed E-state index contributed by atoms with van der Waals surface area (Å²) in [4.78, 5) is 26.3. The zero-order valence-electron chi connectivity index (χ0n) is 19.4. The van der Waals surface area contributed by atoms with Crippen molar-refractivity contribution in [1.82, 2.24) is 0 Å². The number of rotatable bonds is 7. The molecule has 0 unspecified atom stereocenters. The van der Waals surface area contributed by atoms with Crippen LogP contribution >= 0.6 is 0 Å². The van der Waals surface area contributed by atoms with Crippen LogP contribution in [-0.4, -0.2) is 33.3 Å². The first-order valence-electron chi connectivity index (χ1n) is 11.4. The standard InChI is InChI=1S/C26H28N4O4S/c1-18-4-2-6-22(16-18)29-35(33,34)24-7-3-5-20(17-24)26(32)28-21-8-10-23(11-9-21)30-14-12-19(13-15-30)25(27)31/h2-11,16-17,19,29H,12-15H2,1H3,(H2,27,31)(H,28,32). The maximum absolute atomic E-state index is 12.8. The summed E-state index contributed by atoms with van der Waals surface area (Å²) in [5, 5.41) is 2.81. The number of nitrogens with zero attached hydrogens (tertiary/aromatic N) is 1. The molecule has 182 valence electrons. The molecule has 0 aromatic heterocycles. The average molecular weight is 493 g/mol. The Balaban J connectivity index is 1.41. The fourth-order valence-electron chi connectivity index (χ4n) is 4.11. The molecule has 0 spiro atoms. The first-order valence-corrected chi connectivity index (χ1v) is 12.8. The van der Waals surface area contributed by atoms with Gasteiger partial charge in [-0.25, -0.2) is 8.42 Å². The molecule has 0 atom stereocenters. The molecule has 1 heterocycles. The van der Waals surface area contributed by atoms with E-state index < -0.39 is 15.9 Å². The summed E-state index contributed by atoms with van der Waals surface area (Å²) in [6, 6.07) is 20.4. The third-order valence-corrected chi connectivity index (χ3v) is 7.44. The van der Waals surface area contributed by atoms with Crippen molar-refractivity contribution < 1.29 is 18.0 Å². The van der Waals surface area contributed by atoms with E-state index in [-0.39, 0.29) is 22.3 Å². The first-order chi connectivity index (χ1) is 16.7. The molecule has 1 aliphatic heterocycles. The largest absolute Gasteiger partial charge is 0.371 e. The van der Waals surface area contributed by atoms with Crippen molar-refractivity contribution >= 4 is 38.9 Å². The number of aryl methyl sites for hydroxylation is 1. The zero-order valence-corrected chi connectivity index (χ0v) is 20.2. The number of nitrogens with one attached hydrogen (secondary N) is 2. The lowest BCUT2D eigenvalue weighted by molar-refractivity contribution is -0.122. The van der Waals surface area contributed by atoms with E-state index in [0.717, 1.165) is 37.2 Å². The summed E-state index contributed by atoms with van der Waals surface area (Å²) in [5.74, 6) is -0.727. The van der Waals surface area contributed by atoms with Crippen LogP contribution in [-0.2, 0) is 14.8 Å². The van der Waals surface area contributed by atoms with Gasteiger partial charge in [0.05, 0.1) is 4.90 Å². The molecule has 0 aliphatic carbocycles. The van der Waals surface area contributed by atoms with Crippen molar-refractivity contribution in [3.05, 3.63) is 83.9 Å². The SMILES string of the molecule is Cc1cccc(NS(=O)(=O)c2cccc(C(=O)Nc3ccc(N4CCC(C(N)=O)CC4)cc3)c2)c1. The molecule has 0 radical (unpaired) electrons. The minimum absolute atomic E-state index is 0.00127. The summed E-state index contributed by atoms with van der Waals surface area (Å²) in [5.41, 5.74) is 8.62. The number of piperidine rings is 1. The topological polar surface area (TPSA) is 122 Å². The Morgan fingerprint density at radius 1 is 0.914 bits per heavy atom. The summed E-state index contributed by atoms with van der Waals surface area (Å²) < 4.78 is 28.2. The fourth-order valence-corrected chi connectivity index (χ4v) is 5.20. The Hall–Kier alpha value is -3.85. The second-order valence-electron chi connectivity index (χ2n) is 8.67. The normalized spacial score (nSPS) is 14.4. The van der Waals surface area contributed by atoms with E-state index in [0.29, 0.717) is 11.4 Å². The molecule has 4 N–H and O–H groups in total. The van der Waals surface area contributed by atoms with Gasteiger partial charge in [-0.2, -0.15) is 0 Å². The number of anilines is 3. The van der Waals surface area contributed by atoms with E-state index in [1.54, 1.807) is 42.5 Å². The molecule has 8 nitrogen and oxygen atoms in total. The van der Waals surface area contributed by atoms with Crippen molar-refractivity contribution in [2.24, 2.45) is 11.7 Å². The Morgan fingerprint density at radius 2 is 1.60 bits per heavy atom. The molecular formula is C26H28N4O4S. The Bertz CT molecular complexity index is 1330. The Kier molecular flexibility index (Phi) is 7.07. The predicted octanol–water partition coefficient (Wildman–Crippen LogP) is 3.75. The second-order valence-corrected chi connectivity index (χ2v) is 10.3. The van der Waals surface area contributed by atoms with Crippen LogP contribution in [0.15, 0.2) is 77.7 Å². The lowest BCUT2D eigenvalue weighted by Crippen LogP contribution is -2.38. The maximum atomic E-state index is 12.8. The van der Waals surface area contributed by atoms with E-state index in [4.69, 9.17) is 5.73 Å². The fraction of sp³-hybridized carbons (Fsp3) is 0.231. The number of carbonyl (C=O) groups is 2. The second kappa shape index (κ2) is 10.2. The highest BCUT2D eigenvalue weighted by molar-refractivity contribution is 7.92. The van der Waals surface area contributed by atoms with Crippen LogP contribution in [0.25, 0.3) is 0 Å². The number of amides is 2. The van der Waals surface area contributed by atoms with Gasteiger partial charge in [-0.1, -0.05) is 18.2 Å². The highest BCUT2D eigenvalue weighted by atomic mass is 32.2. The highest BCUT2D eigenvalue weighted by Gasteiger charge is 2.23. The molecule has 1 aliphatic rings. The van der Waals surface area contributed by atoms with Gasteiger partial charge in [0.25, 0.3) is 15.9 Å². The van der Waals surface area contributed by atoms with Crippen molar-refractivity contribution in [3.8, 4) is 0 Å². The Morgan fingerprint density at radius 3 is 2.26 bits per heavy atom. The van der Waals surface area contributed by atoms with Crippen molar-refractivity contribution in [2.75, 3.05) is 28.0 Å². The summed E-state index contributed by atoms with van der Waals surface area (Å²) in [7, 11) is -3.85. The maximum Gasteiger partial charge on any atom is 0.261 e. The monoisotopic (exact) mass is 492 g/mol. The minimum atomic E-state index is -3.85. The van der Waals surface area contributed by atoms with Gasteiger partial charge in [0.1, 0.15) is 0 Å². The van der Waals surface area contributed by atoms with Gasteiger partial charge in [0, 0.05) is 41.6 Å². The number of carbonyl (C=O) groups excluding carboxylic acids is 2. The highest BCUT2D eigenvalue weighted by Crippen LogP contribution is 2.25. The number of hydrogen-bond donors (Lipinski definition) is 3. The molecule has 1 saturated heterocycles. The van der Waals surface area contributed by atoms with Crippen LogP contribution in [0.5, 0.6) is 0 Å². The molecular weight excluding hydrogens is 464 g/mol. The van der Waals surface area contributed by atoms with E-state index in [2.05, 4.69) is 14.9 Å². The van der Waals surface area contributed by atoms with Crippen LogP contribution in [0, 0.1) is 12.8 Å². The van der Waals surface area contributed by atoms with E-state index in [9.17, 15) is 18.0 Å². The van der Waals surface area contributed by atoms with Crippen LogP contribution in [0.4, 0.5) is 17.1 Å². The molecule has 4 rings (SSSR count). The van der Waals surface area contributed by atoms with Crippen LogP contribution in [0.3, 0.4) is 0 Å². The molecule has 9 heteroatoms. The van der Waals surface area contributed by atoms with Gasteiger partial charge < -0.3 is 16.0 Å². The van der Waals surface area contributed by atoms with Crippen molar-refractivity contribution in [1.29, 1.82) is 0 Å². The molecule has 2 amide bonds. The Labute approximate surface area is 205 Å². The van der Waals surface area contributed by atoms with Crippen LogP contribution < -0.4 is 20.7 Å². The van der Waals surface area contributed by atoms with E-state index >= 15 is 0 Å². The van der Waals surface area contributed by atoms with Crippen molar-refractivity contribution in [2.45, 2.75) is 24.7 Å². The van der Waals surface area contributed by atoms with Crippen LogP contribution in [0.1, 0.15) is 28.8 Å². The number of primary amides is 1. The molecule has 0 bridgehead atoms. The number of benzene rings is 3. The van der Waals surface area contributed by atoms with Gasteiger partial charge in [-0.15, -0.1) is 0 Å². The third kappa shape index (κ3) is 5.99. The van der Waals surface area contributed by atoms with Gasteiger partial charge >= 0.3 is 0 Å². The summed E-state index contributed by atoms with van der Waals surface area (Å²) >= 11 is 0. The molecule has 1 fully saturated rings. The minimum Gasteiger partial charge on any atom is -0.371 e. The number of hydrogen-bond acceptors (Lipinski definition) is 5. The van der Waals surface area contributed by atoms with Gasteiger partial charge in [0.15, 0.2) is 0 Å². The van der Waals surface area contributed by atoms with E-state index in [1.165, 1.54) is 12.1 Å². The lowest BCUT2D eigenvalue weighted by Gasteiger charge is -2.32. The lowest BCUT2D eigenvalue weighted by atomic mass is 9.96. The molecule has 3 aromatic rings. The number of sulfonamides is 1. The first kappa shape index (κ1) is 24.3. The summed E-state index contributed by atoms with van der Waals surface area (Å²) in [6.45, 7) is 3.37. The van der Waals surface area contributed by atoms with Gasteiger partial charge in [0.2, 0.25) is 5.91 Å². The molecule has 3 aromatic carbocycles. The smallest absolute Gasteiger partial charge is 0.261 e. The zero-order chi connectivity index (χ0) is 25.0. The quantitative estimate of drug-likeness (QED) is 0.464. The van der Waals surface area contributed by atoms with Crippen molar-refractivity contribution in [3.63, 3.8) is 0 Å². The molecule has 0 saturated carbocycles.